The van der Waals surface area contributed by atoms with Crippen molar-refractivity contribution in [1.82, 2.24) is 4.31 Å². The fraction of sp³-hybridized carbons (Fsp3) is 0.833. The fourth-order valence-corrected chi connectivity index (χ4v) is 1.65. The molecule has 0 N–H and O–H groups in total. The molecular weight excluding hydrogens is 244 g/mol. The zero-order chi connectivity index (χ0) is 9.61. The number of sulfonamides is 1. The summed E-state index contributed by atoms with van der Waals surface area (Å²) >= 11 is 3.20. The first-order valence-electron chi connectivity index (χ1n) is 3.41. The summed E-state index contributed by atoms with van der Waals surface area (Å²) in [6, 6.07) is 1.62. The maximum Gasteiger partial charge on any atom is 0.227 e. The molecule has 0 saturated heterocycles. The van der Waals surface area contributed by atoms with Crippen LogP contribution in [-0.2, 0) is 10.0 Å². The normalized spacial score (nSPS) is 11.5. The summed E-state index contributed by atoms with van der Waals surface area (Å²) in [4.78, 5) is 0. The van der Waals surface area contributed by atoms with Gasteiger partial charge in [0.25, 0.3) is 0 Å². The summed E-state index contributed by atoms with van der Waals surface area (Å²) in [6.07, 6.45) is 0.751. The van der Waals surface area contributed by atoms with E-state index in [2.05, 4.69) is 15.9 Å². The van der Waals surface area contributed by atoms with Crippen LogP contribution in [0.3, 0.4) is 0 Å². The van der Waals surface area contributed by atoms with Crippen molar-refractivity contribution in [1.29, 1.82) is 5.26 Å². The Bertz CT molecular complexity index is 257. The van der Waals surface area contributed by atoms with E-state index in [1.165, 1.54) is 11.4 Å². The van der Waals surface area contributed by atoms with E-state index >= 15 is 0 Å². The van der Waals surface area contributed by atoms with Crippen molar-refractivity contribution in [2.45, 2.75) is 6.42 Å². The molecule has 0 atom stereocenters. The lowest BCUT2D eigenvalue weighted by molar-refractivity contribution is 0.473. The van der Waals surface area contributed by atoms with Crippen LogP contribution in [0.25, 0.3) is 0 Å². The van der Waals surface area contributed by atoms with Gasteiger partial charge in [-0.05, 0) is 6.42 Å². The van der Waals surface area contributed by atoms with Gasteiger partial charge in [-0.15, -0.1) is 0 Å². The summed E-state index contributed by atoms with van der Waals surface area (Å²) in [5.74, 6) is -0.439. The molecule has 70 valence electrons. The number of nitriles is 1. The first kappa shape index (κ1) is 11.9. The Morgan fingerprint density at radius 3 is 2.58 bits per heavy atom. The molecule has 6 heteroatoms. The lowest BCUT2D eigenvalue weighted by Crippen LogP contribution is -2.29. The molecular formula is C6H11BrN2O2S. The molecule has 12 heavy (non-hydrogen) atoms. The molecule has 0 aliphatic heterocycles. The highest BCUT2D eigenvalue weighted by molar-refractivity contribution is 9.09. The number of nitrogens with zero attached hydrogens (tertiary/aromatic N) is 2. The Morgan fingerprint density at radius 1 is 1.58 bits per heavy atom. The van der Waals surface area contributed by atoms with Gasteiger partial charge in [-0.3, -0.25) is 0 Å². The van der Waals surface area contributed by atoms with E-state index in [1.807, 2.05) is 0 Å². The average molecular weight is 255 g/mol. The first-order chi connectivity index (χ1) is 5.54. The minimum atomic E-state index is -3.33. The van der Waals surface area contributed by atoms with E-state index in [-0.39, 0.29) is 0 Å². The van der Waals surface area contributed by atoms with Crippen LogP contribution in [0.15, 0.2) is 0 Å². The molecule has 0 spiro atoms. The smallest absolute Gasteiger partial charge is 0.211 e. The van der Waals surface area contributed by atoms with Crippen molar-refractivity contribution < 1.29 is 8.42 Å². The van der Waals surface area contributed by atoms with Gasteiger partial charge >= 0.3 is 0 Å². The highest BCUT2D eigenvalue weighted by Gasteiger charge is 2.15. The van der Waals surface area contributed by atoms with Gasteiger partial charge in [0.15, 0.2) is 5.75 Å². The van der Waals surface area contributed by atoms with Crippen LogP contribution in [0, 0.1) is 11.3 Å². The average Bonchev–Trinajstić information content (AvgIpc) is 2.00. The lowest BCUT2D eigenvalue weighted by atomic mass is 10.5. The topological polar surface area (TPSA) is 61.2 Å². The van der Waals surface area contributed by atoms with Crippen LogP contribution in [0.1, 0.15) is 6.42 Å². The van der Waals surface area contributed by atoms with Gasteiger partial charge in [0.2, 0.25) is 10.0 Å². The standard InChI is InChI=1S/C6H11BrN2O2S/c1-9(5-2-3-7)12(10,11)6-4-8/h2-3,5-6H2,1H3. The molecule has 0 amide bonds. The third-order valence-corrected chi connectivity index (χ3v) is 3.52. The minimum absolute atomic E-state index is 0.439. The maximum atomic E-state index is 11.1. The van der Waals surface area contributed by atoms with E-state index in [4.69, 9.17) is 5.26 Å². The molecule has 0 fully saturated rings. The SMILES string of the molecule is CN(CCCBr)S(=O)(=O)CC#N. The Hall–Kier alpha value is -0.120. The second-order valence-electron chi connectivity index (χ2n) is 2.28. The van der Waals surface area contributed by atoms with E-state index in [1.54, 1.807) is 6.07 Å². The number of halogens is 1. The second-order valence-corrected chi connectivity index (χ2v) is 5.15. The molecule has 0 saturated carbocycles. The Morgan fingerprint density at radius 2 is 2.17 bits per heavy atom. The summed E-state index contributed by atoms with van der Waals surface area (Å²) in [6.45, 7) is 0.454. The van der Waals surface area contributed by atoms with Crippen LogP contribution < -0.4 is 0 Å². The van der Waals surface area contributed by atoms with Crippen LogP contribution in [0.2, 0.25) is 0 Å². The van der Waals surface area contributed by atoms with E-state index in [0.717, 1.165) is 11.8 Å². The highest BCUT2D eigenvalue weighted by Crippen LogP contribution is 1.99. The van der Waals surface area contributed by atoms with E-state index < -0.39 is 15.8 Å². The molecule has 0 aromatic rings. The number of rotatable bonds is 5. The highest BCUT2D eigenvalue weighted by atomic mass is 79.9. The van der Waals surface area contributed by atoms with Crippen LogP contribution in [0.4, 0.5) is 0 Å². The maximum absolute atomic E-state index is 11.1. The van der Waals surface area contributed by atoms with Crippen molar-refractivity contribution in [2.24, 2.45) is 0 Å². The molecule has 0 bridgehead atoms. The summed E-state index contributed by atoms with van der Waals surface area (Å²) in [7, 11) is -1.85. The first-order valence-corrected chi connectivity index (χ1v) is 6.14. The molecule has 0 aliphatic rings. The Balaban J connectivity index is 4.09. The van der Waals surface area contributed by atoms with Gasteiger partial charge in [-0.25, -0.2) is 12.7 Å². The monoisotopic (exact) mass is 254 g/mol. The molecule has 0 rings (SSSR count). The van der Waals surface area contributed by atoms with Gasteiger partial charge < -0.3 is 0 Å². The second kappa shape index (κ2) is 5.51. The van der Waals surface area contributed by atoms with E-state index in [9.17, 15) is 8.42 Å². The summed E-state index contributed by atoms with van der Waals surface area (Å²) < 4.78 is 23.5. The number of hydrogen-bond acceptors (Lipinski definition) is 3. The molecule has 0 unspecified atom stereocenters. The van der Waals surface area contributed by atoms with Crippen molar-refractivity contribution in [3.8, 4) is 6.07 Å². The van der Waals surface area contributed by atoms with Crippen LogP contribution in [-0.4, -0.2) is 37.4 Å². The van der Waals surface area contributed by atoms with Gasteiger partial charge in [0.1, 0.15) is 0 Å². The predicted molar refractivity (Wildman–Crippen MR) is 50.4 cm³/mol. The lowest BCUT2D eigenvalue weighted by Gasteiger charge is -2.13. The van der Waals surface area contributed by atoms with Crippen molar-refractivity contribution in [2.75, 3.05) is 24.7 Å². The summed E-state index contributed by atoms with van der Waals surface area (Å²) in [5.41, 5.74) is 0. The van der Waals surface area contributed by atoms with Crippen molar-refractivity contribution in [3.63, 3.8) is 0 Å². The quantitative estimate of drug-likeness (QED) is 0.674. The largest absolute Gasteiger partial charge is 0.227 e. The molecule has 4 nitrogen and oxygen atoms in total. The Kier molecular flexibility index (Phi) is 5.46. The number of alkyl halides is 1. The molecule has 0 aromatic carbocycles. The van der Waals surface area contributed by atoms with Gasteiger partial charge in [-0.2, -0.15) is 5.26 Å². The fourth-order valence-electron chi connectivity index (χ4n) is 0.613. The van der Waals surface area contributed by atoms with Gasteiger partial charge in [-0.1, -0.05) is 15.9 Å². The van der Waals surface area contributed by atoms with Gasteiger partial charge in [0, 0.05) is 18.9 Å². The minimum Gasteiger partial charge on any atom is -0.211 e. The zero-order valence-electron chi connectivity index (χ0n) is 6.83. The van der Waals surface area contributed by atoms with E-state index in [0.29, 0.717) is 6.54 Å². The van der Waals surface area contributed by atoms with Gasteiger partial charge in [0.05, 0.1) is 6.07 Å². The molecule has 0 aliphatic carbocycles. The zero-order valence-corrected chi connectivity index (χ0v) is 9.23. The molecule has 0 radical (unpaired) electrons. The Labute approximate surface area is 81.3 Å². The van der Waals surface area contributed by atoms with Crippen LogP contribution >= 0.6 is 15.9 Å². The third kappa shape index (κ3) is 4.04. The molecule has 0 heterocycles. The van der Waals surface area contributed by atoms with Crippen LogP contribution in [0.5, 0.6) is 0 Å². The predicted octanol–water partition coefficient (Wildman–Crippen LogP) is 0.557. The third-order valence-electron chi connectivity index (χ3n) is 1.33. The van der Waals surface area contributed by atoms with Crippen molar-refractivity contribution >= 4 is 26.0 Å². The molecule has 0 aromatic heterocycles. The van der Waals surface area contributed by atoms with Crippen molar-refractivity contribution in [3.05, 3.63) is 0 Å². The number of hydrogen-bond donors (Lipinski definition) is 0. The summed E-state index contributed by atoms with van der Waals surface area (Å²) in [5, 5.41) is 8.97.